The van der Waals surface area contributed by atoms with Crippen LogP contribution in [0.25, 0.3) is 0 Å². The van der Waals surface area contributed by atoms with E-state index in [9.17, 15) is 34.8 Å². The van der Waals surface area contributed by atoms with Crippen molar-refractivity contribution in [2.75, 3.05) is 11.9 Å². The second kappa shape index (κ2) is 10.7. The van der Waals surface area contributed by atoms with Gasteiger partial charge in [0.1, 0.15) is 6.10 Å². The fraction of sp³-hybridized carbons (Fsp3) is 0.800. The first-order valence-electron chi connectivity index (χ1n) is 7.66. The molecule has 0 spiro atoms. The Balaban J connectivity index is 3.29. The van der Waals surface area contributed by atoms with E-state index in [1.165, 1.54) is 0 Å². The van der Waals surface area contributed by atoms with Crippen molar-refractivity contribution in [1.29, 1.82) is 0 Å². The average molecular weight is 581 g/mol. The van der Waals surface area contributed by atoms with Crippen LogP contribution in [-0.2, 0) is 58.1 Å². The Morgan fingerprint density at radius 3 is 1.84 bits per heavy atom. The average Bonchev–Trinajstić information content (AvgIpc) is 2.56. The summed E-state index contributed by atoms with van der Waals surface area (Å²) in [6.45, 7) is 0.256. The summed E-state index contributed by atoms with van der Waals surface area (Å²) in [5.41, 5.74) is 0. The fourth-order valence-electron chi connectivity index (χ4n) is 2.28. The first-order chi connectivity index (χ1) is 13.9. The van der Waals surface area contributed by atoms with Crippen LogP contribution in [0.2, 0.25) is 0 Å². The summed E-state index contributed by atoms with van der Waals surface area (Å²) in [6.07, 6.45) is -8.60. The van der Waals surface area contributed by atoms with Gasteiger partial charge in [-0.2, -0.15) is 25.3 Å². The summed E-state index contributed by atoms with van der Waals surface area (Å²) < 4.78 is 111. The van der Waals surface area contributed by atoms with Gasteiger partial charge in [-0.05, 0) is 0 Å². The summed E-state index contributed by atoms with van der Waals surface area (Å²) in [5, 5.41) is 3.83. The molecule has 31 heavy (non-hydrogen) atoms. The monoisotopic (exact) mass is 580 g/mol. The van der Waals surface area contributed by atoms with Crippen LogP contribution in [0.4, 0.5) is 0 Å². The summed E-state index contributed by atoms with van der Waals surface area (Å²) in [7, 11) is -15.9. The Bertz CT molecular complexity index is 981. The zero-order valence-electron chi connectivity index (χ0n) is 15.1. The predicted octanol–water partition coefficient (Wildman–Crippen LogP) is -2.87. The molecule has 0 radical (unpaired) electrons. The molecular formula is C10H17BrN2O15S3. The number of amides is 2. The quantitative estimate of drug-likeness (QED) is 0.128. The zero-order valence-corrected chi connectivity index (χ0v) is 19.2. The molecular weight excluding hydrogens is 564 g/mol. The van der Waals surface area contributed by atoms with E-state index in [0.29, 0.717) is 0 Å². The highest BCUT2D eigenvalue weighted by molar-refractivity contribution is 9.09. The number of alkyl halides is 1. The van der Waals surface area contributed by atoms with Gasteiger partial charge in [-0.1, -0.05) is 22.9 Å². The molecule has 1 rings (SSSR count). The number of hydrogen-bond donors (Lipinski definition) is 5. The van der Waals surface area contributed by atoms with Crippen LogP contribution in [0.15, 0.2) is 0 Å². The van der Waals surface area contributed by atoms with Crippen LogP contribution in [0, 0.1) is 5.92 Å². The lowest BCUT2D eigenvalue weighted by atomic mass is 9.95. The van der Waals surface area contributed by atoms with E-state index in [4.69, 9.17) is 18.4 Å². The van der Waals surface area contributed by atoms with Crippen LogP contribution in [0.1, 0.15) is 6.92 Å². The van der Waals surface area contributed by atoms with E-state index in [-0.39, 0.29) is 5.33 Å². The Morgan fingerprint density at radius 1 is 0.903 bits per heavy atom. The Morgan fingerprint density at radius 2 is 1.39 bits per heavy atom. The molecule has 0 bridgehead atoms. The summed E-state index contributed by atoms with van der Waals surface area (Å²) >= 11 is 2.81. The van der Waals surface area contributed by atoms with Gasteiger partial charge in [-0.3, -0.25) is 23.2 Å². The van der Waals surface area contributed by atoms with Gasteiger partial charge in [0.05, 0.1) is 11.9 Å². The van der Waals surface area contributed by atoms with Crippen LogP contribution >= 0.6 is 15.9 Å². The molecule has 0 aromatic carbocycles. The molecule has 182 valence electrons. The number of hydrogen-bond acceptors (Lipinski definition) is 12. The molecule has 1 fully saturated rings. The maximum atomic E-state index is 12.0. The van der Waals surface area contributed by atoms with Crippen molar-refractivity contribution in [3.05, 3.63) is 0 Å². The van der Waals surface area contributed by atoms with Gasteiger partial charge in [-0.25, -0.2) is 12.5 Å². The lowest BCUT2D eigenvalue weighted by Gasteiger charge is -2.42. The number of halogens is 1. The largest absolute Gasteiger partial charge is 0.399 e. The minimum atomic E-state index is -5.36. The third kappa shape index (κ3) is 10.4. The lowest BCUT2D eigenvalue weighted by molar-refractivity contribution is -0.246. The van der Waals surface area contributed by atoms with Crippen LogP contribution < -0.4 is 10.6 Å². The summed E-state index contributed by atoms with van der Waals surface area (Å²) in [4.78, 5) is 23.2. The molecule has 1 saturated heterocycles. The smallest absolute Gasteiger partial charge is 0.346 e. The maximum Gasteiger partial charge on any atom is 0.399 e. The van der Waals surface area contributed by atoms with Crippen LogP contribution in [0.3, 0.4) is 0 Å². The van der Waals surface area contributed by atoms with Crippen molar-refractivity contribution in [2.45, 2.75) is 31.6 Å². The van der Waals surface area contributed by atoms with Crippen LogP contribution in [0.5, 0.6) is 0 Å². The first kappa shape index (κ1) is 28.0. The predicted molar refractivity (Wildman–Crippen MR) is 98.2 cm³/mol. The van der Waals surface area contributed by atoms with Gasteiger partial charge >= 0.3 is 31.2 Å². The van der Waals surface area contributed by atoms with Crippen molar-refractivity contribution < 1.29 is 65.8 Å². The van der Waals surface area contributed by atoms with Gasteiger partial charge < -0.3 is 15.4 Å². The van der Waals surface area contributed by atoms with Crippen molar-refractivity contribution in [3.63, 3.8) is 0 Å². The highest BCUT2D eigenvalue weighted by Gasteiger charge is 2.51. The lowest BCUT2D eigenvalue weighted by Crippen LogP contribution is -2.63. The van der Waals surface area contributed by atoms with Crippen molar-refractivity contribution in [1.82, 2.24) is 10.6 Å². The Hall–Kier alpha value is -1.01. The van der Waals surface area contributed by atoms with E-state index < -0.39 is 80.2 Å². The zero-order chi connectivity index (χ0) is 24.2. The molecule has 1 heterocycles. The third-order valence-electron chi connectivity index (χ3n) is 3.40. The standard InChI is InChI=1S/C10H17BrN2O15S3/c1-4-7(26-29(16,17)18)8(27-30(19,20)21)9(25-10(4)28-31(22,23)24)13-6(15)3-12-5(14)2-11/h4,7-10H,2-3H2,1H3,(H,12,14)(H,13,15)(H,16,17,18)(H,19,20,21)(H,22,23,24)/t4?,7?,8-,9+,10?/m0/s1. The van der Waals surface area contributed by atoms with Gasteiger partial charge in [0.25, 0.3) is 0 Å². The number of rotatable bonds is 10. The van der Waals surface area contributed by atoms with Gasteiger partial charge in [0, 0.05) is 5.92 Å². The molecule has 3 unspecified atom stereocenters. The Kier molecular flexibility index (Phi) is 9.71. The summed E-state index contributed by atoms with van der Waals surface area (Å²) in [6, 6.07) is 0. The van der Waals surface area contributed by atoms with Gasteiger partial charge in [0.15, 0.2) is 18.6 Å². The highest BCUT2D eigenvalue weighted by atomic mass is 79.9. The molecule has 0 aromatic rings. The second-order valence-corrected chi connectivity index (χ2v) is 9.47. The number of carbonyl (C=O) groups excluding carboxylic acids is 2. The van der Waals surface area contributed by atoms with Crippen molar-refractivity contribution >= 4 is 58.9 Å². The van der Waals surface area contributed by atoms with E-state index in [1.54, 1.807) is 0 Å². The molecule has 1 aliphatic heterocycles. The van der Waals surface area contributed by atoms with Crippen molar-refractivity contribution in [2.24, 2.45) is 5.92 Å². The summed E-state index contributed by atoms with van der Waals surface area (Å²) in [5.74, 6) is -3.34. The normalized spacial score (nSPS) is 27.5. The van der Waals surface area contributed by atoms with Crippen molar-refractivity contribution in [3.8, 4) is 0 Å². The fourth-order valence-corrected chi connectivity index (χ4v) is 4.00. The minimum absolute atomic E-state index is 0.180. The Labute approximate surface area is 184 Å². The third-order valence-corrected chi connectivity index (χ3v) is 5.28. The van der Waals surface area contributed by atoms with E-state index in [2.05, 4.69) is 33.8 Å². The molecule has 5 N–H and O–H groups in total. The van der Waals surface area contributed by atoms with Gasteiger partial charge in [-0.15, -0.1) is 0 Å². The highest BCUT2D eigenvalue weighted by Crippen LogP contribution is 2.32. The molecule has 1 aliphatic rings. The maximum absolute atomic E-state index is 12.0. The van der Waals surface area contributed by atoms with E-state index in [1.807, 2.05) is 5.32 Å². The molecule has 5 atom stereocenters. The van der Waals surface area contributed by atoms with Crippen LogP contribution in [-0.4, -0.2) is 87.3 Å². The topological polar surface area (TPSA) is 258 Å². The number of ether oxygens (including phenoxy) is 1. The number of carbonyl (C=O) groups is 2. The minimum Gasteiger partial charge on any atom is -0.346 e. The second-order valence-electron chi connectivity index (χ2n) is 5.76. The molecule has 0 saturated carbocycles. The molecule has 21 heteroatoms. The van der Waals surface area contributed by atoms with E-state index in [0.717, 1.165) is 6.92 Å². The number of nitrogens with one attached hydrogen (secondary N) is 2. The SMILES string of the molecule is CC1C(OS(=O)(=O)O)O[C@@H](NC(=O)CNC(=O)CBr)[C@@H](OS(=O)(=O)O)C1OS(=O)(=O)O. The molecule has 2 amide bonds. The van der Waals surface area contributed by atoms with Gasteiger partial charge in [0.2, 0.25) is 11.8 Å². The molecule has 0 aliphatic carbocycles. The van der Waals surface area contributed by atoms with E-state index >= 15 is 0 Å². The first-order valence-corrected chi connectivity index (χ1v) is 12.9. The molecule has 0 aromatic heterocycles. The molecule has 17 nitrogen and oxygen atoms in total.